The molecule has 1 aromatic carbocycles. The summed E-state index contributed by atoms with van der Waals surface area (Å²) in [6.07, 6.45) is 9.62. The maximum Gasteiger partial charge on any atom is 0.257 e. The van der Waals surface area contributed by atoms with Gasteiger partial charge in [-0.25, -0.2) is 0 Å². The number of nitrogens with zero attached hydrogens (tertiary/aromatic N) is 4. The van der Waals surface area contributed by atoms with Crippen LogP contribution in [0.3, 0.4) is 0 Å². The lowest BCUT2D eigenvalue weighted by Crippen LogP contribution is -2.44. The van der Waals surface area contributed by atoms with Gasteiger partial charge in [-0.15, -0.1) is 0 Å². The van der Waals surface area contributed by atoms with E-state index in [9.17, 15) is 4.79 Å². The number of hydrogen-bond donors (Lipinski definition) is 1. The fourth-order valence-electron chi connectivity index (χ4n) is 3.71. The molecule has 6 nitrogen and oxygen atoms in total. The number of likely N-dealkylation sites (tertiary alicyclic amines) is 1. The summed E-state index contributed by atoms with van der Waals surface area (Å²) in [7, 11) is 0. The van der Waals surface area contributed by atoms with Crippen LogP contribution in [0.5, 0.6) is 0 Å². The summed E-state index contributed by atoms with van der Waals surface area (Å²) in [5.41, 5.74) is 2.44. The molecule has 0 aliphatic carbocycles. The number of aryl methyl sites for hydroxylation is 1. The minimum absolute atomic E-state index is 0.0720. The zero-order valence-electron chi connectivity index (χ0n) is 14.7. The van der Waals surface area contributed by atoms with Gasteiger partial charge in [0, 0.05) is 37.1 Å². The molecule has 0 bridgehead atoms. The van der Waals surface area contributed by atoms with Crippen LogP contribution in [-0.2, 0) is 6.54 Å². The van der Waals surface area contributed by atoms with E-state index < -0.39 is 0 Å². The third-order valence-electron chi connectivity index (χ3n) is 5.07. The van der Waals surface area contributed by atoms with Gasteiger partial charge in [-0.3, -0.25) is 14.6 Å². The standard InChI is InChI=1S/C20H23N5O/c26-20(18-15-21-23-19(18)16-7-2-1-3-8-16)25-13-5-4-9-17(25)10-14-24-12-6-11-22-24/h1-3,6-8,11-12,15,17H,4-5,9-10,13-14H2,(H,21,23)/t17-/m0/s1. The predicted molar refractivity (Wildman–Crippen MR) is 99.5 cm³/mol. The quantitative estimate of drug-likeness (QED) is 0.768. The number of carbonyl (C=O) groups is 1. The van der Waals surface area contributed by atoms with E-state index in [0.717, 1.165) is 43.6 Å². The second kappa shape index (κ2) is 7.56. The lowest BCUT2D eigenvalue weighted by molar-refractivity contribution is 0.0595. The number of piperidine rings is 1. The monoisotopic (exact) mass is 349 g/mol. The first kappa shape index (κ1) is 16.6. The van der Waals surface area contributed by atoms with Crippen LogP contribution in [0.25, 0.3) is 11.3 Å². The van der Waals surface area contributed by atoms with Crippen molar-refractivity contribution >= 4 is 5.91 Å². The summed E-state index contributed by atoms with van der Waals surface area (Å²) < 4.78 is 1.94. The maximum atomic E-state index is 13.3. The molecule has 0 spiro atoms. The van der Waals surface area contributed by atoms with Crippen molar-refractivity contribution in [3.8, 4) is 11.3 Å². The molecule has 6 heteroatoms. The molecule has 1 aliphatic heterocycles. The third-order valence-corrected chi connectivity index (χ3v) is 5.07. The summed E-state index contributed by atoms with van der Waals surface area (Å²) in [5, 5.41) is 11.4. The molecule has 4 rings (SSSR count). The van der Waals surface area contributed by atoms with E-state index in [1.807, 2.05) is 52.2 Å². The average molecular weight is 349 g/mol. The normalized spacial score (nSPS) is 17.4. The first-order valence-corrected chi connectivity index (χ1v) is 9.20. The SMILES string of the molecule is O=C(c1cn[nH]c1-c1ccccc1)N1CCCC[C@H]1CCn1cccn1. The molecular weight excluding hydrogens is 326 g/mol. The maximum absolute atomic E-state index is 13.3. The Bertz CT molecular complexity index is 840. The molecule has 1 atom stereocenters. The number of H-pyrrole nitrogens is 1. The van der Waals surface area contributed by atoms with E-state index in [2.05, 4.69) is 15.3 Å². The number of nitrogens with one attached hydrogen (secondary N) is 1. The second-order valence-electron chi connectivity index (χ2n) is 6.73. The fraction of sp³-hybridized carbons (Fsp3) is 0.350. The topological polar surface area (TPSA) is 66.8 Å². The third kappa shape index (κ3) is 3.40. The molecule has 3 aromatic rings. The lowest BCUT2D eigenvalue weighted by atomic mass is 9.97. The summed E-state index contributed by atoms with van der Waals surface area (Å²) in [4.78, 5) is 15.3. The largest absolute Gasteiger partial charge is 0.335 e. The Morgan fingerprint density at radius 2 is 2.08 bits per heavy atom. The highest BCUT2D eigenvalue weighted by Crippen LogP contribution is 2.26. The number of carbonyl (C=O) groups excluding carboxylic acids is 1. The van der Waals surface area contributed by atoms with Gasteiger partial charge in [0.25, 0.3) is 5.91 Å². The van der Waals surface area contributed by atoms with Crippen molar-refractivity contribution in [2.24, 2.45) is 0 Å². The Kier molecular flexibility index (Phi) is 4.82. The summed E-state index contributed by atoms with van der Waals surface area (Å²) in [6.45, 7) is 1.64. The molecule has 0 radical (unpaired) electrons. The second-order valence-corrected chi connectivity index (χ2v) is 6.73. The van der Waals surface area contributed by atoms with Crippen LogP contribution >= 0.6 is 0 Å². The molecular formula is C20H23N5O. The van der Waals surface area contributed by atoms with E-state index in [-0.39, 0.29) is 11.9 Å². The molecule has 0 saturated carbocycles. The van der Waals surface area contributed by atoms with Gasteiger partial charge >= 0.3 is 0 Å². The molecule has 3 heterocycles. The van der Waals surface area contributed by atoms with Crippen LogP contribution in [-0.4, -0.2) is 43.4 Å². The van der Waals surface area contributed by atoms with Gasteiger partial charge in [0.2, 0.25) is 0 Å². The number of aromatic amines is 1. The van der Waals surface area contributed by atoms with Crippen LogP contribution in [0, 0.1) is 0 Å². The zero-order chi connectivity index (χ0) is 17.8. The molecule has 2 aromatic heterocycles. The van der Waals surface area contributed by atoms with Gasteiger partial charge in [-0.1, -0.05) is 30.3 Å². The van der Waals surface area contributed by atoms with Crippen LogP contribution in [0.15, 0.2) is 55.0 Å². The lowest BCUT2D eigenvalue weighted by Gasteiger charge is -2.36. The van der Waals surface area contributed by atoms with E-state index in [0.29, 0.717) is 5.56 Å². The fourth-order valence-corrected chi connectivity index (χ4v) is 3.71. The van der Waals surface area contributed by atoms with Gasteiger partial charge in [0.15, 0.2) is 0 Å². The smallest absolute Gasteiger partial charge is 0.257 e. The Hall–Kier alpha value is -2.89. The van der Waals surface area contributed by atoms with Crippen molar-refractivity contribution in [2.75, 3.05) is 6.54 Å². The molecule has 1 amide bonds. The van der Waals surface area contributed by atoms with Gasteiger partial charge in [-0.2, -0.15) is 10.2 Å². The molecule has 134 valence electrons. The summed E-state index contributed by atoms with van der Waals surface area (Å²) >= 11 is 0. The molecule has 1 fully saturated rings. The van der Waals surface area contributed by atoms with Crippen LogP contribution in [0.1, 0.15) is 36.0 Å². The number of aromatic nitrogens is 4. The van der Waals surface area contributed by atoms with Gasteiger partial charge in [0.1, 0.15) is 0 Å². The van der Waals surface area contributed by atoms with Crippen molar-refractivity contribution in [1.29, 1.82) is 0 Å². The van der Waals surface area contributed by atoms with Crippen molar-refractivity contribution < 1.29 is 4.79 Å². The first-order chi connectivity index (χ1) is 12.8. The van der Waals surface area contributed by atoms with Gasteiger partial charge < -0.3 is 4.90 Å². The van der Waals surface area contributed by atoms with Crippen molar-refractivity contribution in [3.05, 3.63) is 60.6 Å². The van der Waals surface area contributed by atoms with E-state index in [1.54, 1.807) is 12.4 Å². The van der Waals surface area contributed by atoms with Crippen LogP contribution in [0.4, 0.5) is 0 Å². The minimum atomic E-state index is 0.0720. The van der Waals surface area contributed by atoms with E-state index in [4.69, 9.17) is 0 Å². The van der Waals surface area contributed by atoms with E-state index in [1.165, 1.54) is 6.42 Å². The van der Waals surface area contributed by atoms with Crippen molar-refractivity contribution in [2.45, 2.75) is 38.3 Å². The molecule has 1 aliphatic rings. The van der Waals surface area contributed by atoms with Crippen molar-refractivity contribution in [3.63, 3.8) is 0 Å². The highest BCUT2D eigenvalue weighted by atomic mass is 16.2. The molecule has 26 heavy (non-hydrogen) atoms. The van der Waals surface area contributed by atoms with Crippen LogP contribution in [0.2, 0.25) is 0 Å². The number of rotatable bonds is 5. The highest BCUT2D eigenvalue weighted by molar-refractivity contribution is 6.00. The molecule has 0 unspecified atom stereocenters. The Labute approximate surface area is 152 Å². The first-order valence-electron chi connectivity index (χ1n) is 9.20. The van der Waals surface area contributed by atoms with Gasteiger partial charge in [-0.05, 0) is 31.7 Å². The number of benzene rings is 1. The van der Waals surface area contributed by atoms with Crippen LogP contribution < -0.4 is 0 Å². The minimum Gasteiger partial charge on any atom is -0.335 e. The Balaban J connectivity index is 1.53. The zero-order valence-corrected chi connectivity index (χ0v) is 14.7. The number of amides is 1. The summed E-state index contributed by atoms with van der Waals surface area (Å²) in [6, 6.07) is 12.1. The average Bonchev–Trinajstić information content (AvgIpc) is 3.38. The molecule has 1 saturated heterocycles. The van der Waals surface area contributed by atoms with Crippen molar-refractivity contribution in [1.82, 2.24) is 24.9 Å². The van der Waals surface area contributed by atoms with Gasteiger partial charge in [0.05, 0.1) is 17.5 Å². The predicted octanol–water partition coefficient (Wildman–Crippen LogP) is 3.36. The number of hydrogen-bond acceptors (Lipinski definition) is 3. The molecule has 1 N–H and O–H groups in total. The summed E-state index contributed by atoms with van der Waals surface area (Å²) in [5.74, 6) is 0.0720. The highest BCUT2D eigenvalue weighted by Gasteiger charge is 2.29. The Morgan fingerprint density at radius 1 is 1.19 bits per heavy atom. The Morgan fingerprint density at radius 3 is 2.88 bits per heavy atom. The van der Waals surface area contributed by atoms with E-state index >= 15 is 0 Å².